The third kappa shape index (κ3) is 3.27. The Bertz CT molecular complexity index is 864. The maximum Gasteiger partial charge on any atom is 0.318 e. The van der Waals surface area contributed by atoms with Crippen molar-refractivity contribution < 1.29 is 14.3 Å². The summed E-state index contributed by atoms with van der Waals surface area (Å²) in [6.07, 6.45) is 1.37. The van der Waals surface area contributed by atoms with Gasteiger partial charge in [0, 0.05) is 10.9 Å². The standard InChI is InChI=1S/C15H12N4O3S/c16-15(21)19-11(20)6-22-13-12-10(9-4-2-1-3-5-9)7-23-14(12)18-8-17-13/h1-5,7-8H,6H2,(H3,16,19,20,21). The summed E-state index contributed by atoms with van der Waals surface area (Å²) in [4.78, 5) is 31.2. The van der Waals surface area contributed by atoms with Crippen molar-refractivity contribution in [1.29, 1.82) is 0 Å². The SMILES string of the molecule is NC(=O)NC(=O)COc1ncnc2scc(-c3ccccc3)c12. The normalized spacial score (nSPS) is 10.4. The van der Waals surface area contributed by atoms with Gasteiger partial charge in [0.2, 0.25) is 5.88 Å². The molecule has 0 saturated carbocycles. The number of aromatic nitrogens is 2. The molecule has 0 aliphatic heterocycles. The van der Waals surface area contributed by atoms with Gasteiger partial charge >= 0.3 is 6.03 Å². The Morgan fingerprint density at radius 3 is 2.74 bits per heavy atom. The van der Waals surface area contributed by atoms with Crippen LogP contribution in [0.1, 0.15) is 0 Å². The van der Waals surface area contributed by atoms with Crippen molar-refractivity contribution in [2.75, 3.05) is 6.61 Å². The number of hydrogen-bond donors (Lipinski definition) is 2. The first kappa shape index (κ1) is 14.9. The molecule has 3 N–H and O–H groups in total. The molecular weight excluding hydrogens is 316 g/mol. The molecule has 0 saturated heterocycles. The number of ether oxygens (including phenoxy) is 1. The zero-order valence-electron chi connectivity index (χ0n) is 11.9. The number of nitrogens with two attached hydrogens (primary N) is 1. The number of benzene rings is 1. The van der Waals surface area contributed by atoms with E-state index in [4.69, 9.17) is 10.5 Å². The van der Waals surface area contributed by atoms with Crippen LogP contribution < -0.4 is 15.8 Å². The van der Waals surface area contributed by atoms with Crippen LogP contribution in [0.2, 0.25) is 0 Å². The van der Waals surface area contributed by atoms with E-state index in [-0.39, 0.29) is 12.5 Å². The lowest BCUT2D eigenvalue weighted by Crippen LogP contribution is -2.38. The molecule has 3 aromatic rings. The van der Waals surface area contributed by atoms with Crippen LogP contribution in [0.15, 0.2) is 42.0 Å². The maximum atomic E-state index is 11.5. The highest BCUT2D eigenvalue weighted by molar-refractivity contribution is 7.17. The van der Waals surface area contributed by atoms with Gasteiger partial charge in [0.25, 0.3) is 5.91 Å². The minimum Gasteiger partial charge on any atom is -0.467 e. The van der Waals surface area contributed by atoms with E-state index in [1.54, 1.807) is 0 Å². The first-order chi connectivity index (χ1) is 11.1. The fourth-order valence-corrected chi connectivity index (χ4v) is 3.00. The number of carbonyl (C=O) groups excluding carboxylic acids is 2. The zero-order valence-corrected chi connectivity index (χ0v) is 12.7. The molecule has 3 rings (SSSR count). The number of thiophene rings is 1. The Balaban J connectivity index is 1.93. The smallest absolute Gasteiger partial charge is 0.318 e. The second kappa shape index (κ2) is 6.41. The van der Waals surface area contributed by atoms with Crippen LogP contribution in [0.5, 0.6) is 5.88 Å². The molecule has 0 spiro atoms. The molecule has 0 fully saturated rings. The largest absolute Gasteiger partial charge is 0.467 e. The van der Waals surface area contributed by atoms with Gasteiger partial charge in [0.1, 0.15) is 11.2 Å². The van der Waals surface area contributed by atoms with Crippen LogP contribution in [-0.4, -0.2) is 28.5 Å². The third-order valence-corrected chi connectivity index (χ3v) is 3.91. The van der Waals surface area contributed by atoms with Crippen LogP contribution in [0.3, 0.4) is 0 Å². The quantitative estimate of drug-likeness (QED) is 0.761. The van der Waals surface area contributed by atoms with E-state index in [1.807, 2.05) is 41.0 Å². The Labute approximate surface area is 135 Å². The average Bonchev–Trinajstić information content (AvgIpc) is 2.98. The lowest BCUT2D eigenvalue weighted by atomic mass is 10.1. The fourth-order valence-electron chi connectivity index (χ4n) is 2.09. The lowest BCUT2D eigenvalue weighted by Gasteiger charge is -2.07. The molecule has 0 radical (unpaired) electrons. The van der Waals surface area contributed by atoms with E-state index >= 15 is 0 Å². The van der Waals surface area contributed by atoms with Gasteiger partial charge in [-0.25, -0.2) is 14.8 Å². The molecule has 0 atom stereocenters. The van der Waals surface area contributed by atoms with E-state index in [9.17, 15) is 9.59 Å². The molecular formula is C15H12N4O3S. The first-order valence-corrected chi connectivity index (χ1v) is 7.53. The number of rotatable bonds is 4. The number of carbonyl (C=O) groups is 2. The predicted molar refractivity (Wildman–Crippen MR) is 86.1 cm³/mol. The van der Waals surface area contributed by atoms with Gasteiger partial charge in [0.05, 0.1) is 5.39 Å². The fraction of sp³-hybridized carbons (Fsp3) is 0.0667. The van der Waals surface area contributed by atoms with Gasteiger partial charge in [-0.15, -0.1) is 11.3 Å². The highest BCUT2D eigenvalue weighted by Crippen LogP contribution is 2.37. The van der Waals surface area contributed by atoms with E-state index in [1.165, 1.54) is 17.7 Å². The summed E-state index contributed by atoms with van der Waals surface area (Å²) in [5.74, 6) is -0.351. The molecule has 2 aromatic heterocycles. The average molecular weight is 328 g/mol. The molecule has 2 heterocycles. The number of fused-ring (bicyclic) bond motifs is 1. The number of amides is 3. The van der Waals surface area contributed by atoms with Gasteiger partial charge in [-0.1, -0.05) is 30.3 Å². The van der Waals surface area contributed by atoms with Crippen molar-refractivity contribution in [1.82, 2.24) is 15.3 Å². The highest BCUT2D eigenvalue weighted by Gasteiger charge is 2.15. The summed E-state index contributed by atoms with van der Waals surface area (Å²) in [6, 6.07) is 8.82. The number of urea groups is 1. The second-order valence-corrected chi connectivity index (χ2v) is 5.43. The molecule has 7 nitrogen and oxygen atoms in total. The minimum absolute atomic E-state index is 0.287. The van der Waals surface area contributed by atoms with Crippen molar-refractivity contribution in [3.63, 3.8) is 0 Å². The van der Waals surface area contributed by atoms with Crippen LogP contribution in [-0.2, 0) is 4.79 Å². The third-order valence-electron chi connectivity index (χ3n) is 3.02. The summed E-state index contributed by atoms with van der Waals surface area (Å²) < 4.78 is 5.44. The van der Waals surface area contributed by atoms with E-state index < -0.39 is 11.9 Å². The van der Waals surface area contributed by atoms with E-state index in [0.29, 0.717) is 0 Å². The number of primary amides is 1. The molecule has 8 heteroatoms. The lowest BCUT2D eigenvalue weighted by molar-refractivity contribution is -0.121. The molecule has 0 bridgehead atoms. The summed E-state index contributed by atoms with van der Waals surface area (Å²) in [5.41, 5.74) is 6.81. The number of nitrogens with one attached hydrogen (secondary N) is 1. The maximum absolute atomic E-state index is 11.5. The van der Waals surface area contributed by atoms with Crippen LogP contribution in [0.4, 0.5) is 4.79 Å². The topological polar surface area (TPSA) is 107 Å². The number of imide groups is 1. The Hall–Kier alpha value is -3.00. The van der Waals surface area contributed by atoms with Crippen molar-refractivity contribution >= 4 is 33.5 Å². The number of hydrogen-bond acceptors (Lipinski definition) is 6. The van der Waals surface area contributed by atoms with Crippen LogP contribution in [0, 0.1) is 0 Å². The molecule has 0 unspecified atom stereocenters. The number of nitrogens with zero attached hydrogens (tertiary/aromatic N) is 2. The Morgan fingerprint density at radius 1 is 1.22 bits per heavy atom. The zero-order chi connectivity index (χ0) is 16.2. The van der Waals surface area contributed by atoms with E-state index in [2.05, 4.69) is 9.97 Å². The molecule has 0 aliphatic rings. The molecule has 23 heavy (non-hydrogen) atoms. The first-order valence-electron chi connectivity index (χ1n) is 6.65. The van der Waals surface area contributed by atoms with Gasteiger partial charge in [0.15, 0.2) is 6.61 Å². The van der Waals surface area contributed by atoms with Gasteiger partial charge < -0.3 is 10.5 Å². The molecule has 0 aliphatic carbocycles. The van der Waals surface area contributed by atoms with Gasteiger partial charge in [-0.3, -0.25) is 10.1 Å². The molecule has 3 amide bonds. The van der Waals surface area contributed by atoms with Crippen molar-refractivity contribution in [2.45, 2.75) is 0 Å². The molecule has 1 aromatic carbocycles. The summed E-state index contributed by atoms with van der Waals surface area (Å²) >= 11 is 1.46. The predicted octanol–water partition coefficient (Wildman–Crippen LogP) is 1.93. The van der Waals surface area contributed by atoms with Gasteiger partial charge in [-0.2, -0.15) is 0 Å². The van der Waals surface area contributed by atoms with Crippen LogP contribution >= 0.6 is 11.3 Å². The van der Waals surface area contributed by atoms with Gasteiger partial charge in [-0.05, 0) is 5.56 Å². The van der Waals surface area contributed by atoms with Crippen molar-refractivity contribution in [2.24, 2.45) is 5.73 Å². The van der Waals surface area contributed by atoms with Crippen LogP contribution in [0.25, 0.3) is 21.3 Å². The summed E-state index contributed by atoms with van der Waals surface area (Å²) in [6.45, 7) is -0.362. The minimum atomic E-state index is -0.924. The second-order valence-electron chi connectivity index (χ2n) is 4.58. The Morgan fingerprint density at radius 2 is 2.00 bits per heavy atom. The molecule has 116 valence electrons. The van der Waals surface area contributed by atoms with E-state index in [0.717, 1.165) is 21.3 Å². The van der Waals surface area contributed by atoms with Crippen molar-refractivity contribution in [3.8, 4) is 17.0 Å². The summed E-state index contributed by atoms with van der Waals surface area (Å²) in [7, 11) is 0. The highest BCUT2D eigenvalue weighted by atomic mass is 32.1. The Kier molecular flexibility index (Phi) is 4.15. The van der Waals surface area contributed by atoms with Crippen molar-refractivity contribution in [3.05, 3.63) is 42.0 Å². The monoisotopic (exact) mass is 328 g/mol. The summed E-state index contributed by atoms with van der Waals surface area (Å²) in [5, 5.41) is 4.63.